The van der Waals surface area contributed by atoms with E-state index in [1.165, 1.54) is 0 Å². The van der Waals surface area contributed by atoms with E-state index < -0.39 is 0 Å². The highest BCUT2D eigenvalue weighted by atomic mass is 35.5. The lowest BCUT2D eigenvalue weighted by Crippen LogP contribution is -2.37. The van der Waals surface area contributed by atoms with Gasteiger partial charge in [-0.1, -0.05) is 12.1 Å². The number of benzene rings is 1. The number of piperidine rings is 1. The Hall–Kier alpha value is -1.59. The summed E-state index contributed by atoms with van der Waals surface area (Å²) < 4.78 is 0. The van der Waals surface area contributed by atoms with E-state index in [1.54, 1.807) is 31.3 Å². The molecule has 1 atom stereocenters. The first-order valence-electron chi connectivity index (χ1n) is 6.55. The Morgan fingerprint density at radius 1 is 1.30 bits per heavy atom. The number of hydrogen-bond donors (Lipinski definition) is 3. The molecule has 5 nitrogen and oxygen atoms in total. The van der Waals surface area contributed by atoms with Crippen molar-refractivity contribution >= 4 is 29.9 Å². The van der Waals surface area contributed by atoms with Gasteiger partial charge in [-0.25, -0.2) is 0 Å². The molecule has 1 aromatic rings. The highest BCUT2D eigenvalue weighted by Crippen LogP contribution is 2.18. The van der Waals surface area contributed by atoms with Crippen molar-refractivity contribution < 1.29 is 9.59 Å². The lowest BCUT2D eigenvalue weighted by Gasteiger charge is -2.22. The highest BCUT2D eigenvalue weighted by molar-refractivity contribution is 6.04. The molecule has 2 amide bonds. The summed E-state index contributed by atoms with van der Waals surface area (Å²) >= 11 is 0. The van der Waals surface area contributed by atoms with Crippen LogP contribution < -0.4 is 16.0 Å². The minimum Gasteiger partial charge on any atom is -0.355 e. The Labute approximate surface area is 124 Å². The number of rotatable bonds is 3. The molecule has 0 unspecified atom stereocenters. The number of carbonyl (C=O) groups excluding carboxylic acids is 2. The largest absolute Gasteiger partial charge is 0.355 e. The van der Waals surface area contributed by atoms with Gasteiger partial charge in [0.2, 0.25) is 5.91 Å². The van der Waals surface area contributed by atoms with Crippen LogP contribution in [0.15, 0.2) is 24.3 Å². The molecule has 110 valence electrons. The number of halogens is 1. The Morgan fingerprint density at radius 2 is 2.05 bits per heavy atom. The number of anilines is 1. The van der Waals surface area contributed by atoms with E-state index in [9.17, 15) is 9.59 Å². The summed E-state index contributed by atoms with van der Waals surface area (Å²) in [5, 5.41) is 8.64. The van der Waals surface area contributed by atoms with Crippen LogP contribution in [0.1, 0.15) is 23.2 Å². The molecule has 0 saturated carbocycles. The second-order valence-corrected chi connectivity index (χ2v) is 4.66. The first kappa shape index (κ1) is 16.5. The molecule has 1 saturated heterocycles. The molecule has 3 N–H and O–H groups in total. The average Bonchev–Trinajstić information content (AvgIpc) is 2.48. The van der Waals surface area contributed by atoms with Gasteiger partial charge in [-0.05, 0) is 31.5 Å². The van der Waals surface area contributed by atoms with Gasteiger partial charge in [-0.2, -0.15) is 0 Å². The summed E-state index contributed by atoms with van der Waals surface area (Å²) in [5.74, 6) is -0.243. The van der Waals surface area contributed by atoms with Crippen molar-refractivity contribution in [3.05, 3.63) is 29.8 Å². The van der Waals surface area contributed by atoms with Crippen LogP contribution in [0.4, 0.5) is 5.69 Å². The lowest BCUT2D eigenvalue weighted by molar-refractivity contribution is -0.120. The maximum Gasteiger partial charge on any atom is 0.253 e. The van der Waals surface area contributed by atoms with Crippen molar-refractivity contribution in [2.75, 3.05) is 25.5 Å². The molecule has 1 fully saturated rings. The Morgan fingerprint density at radius 3 is 2.70 bits per heavy atom. The summed E-state index contributed by atoms with van der Waals surface area (Å²) in [6, 6.07) is 7.04. The molecule has 1 aromatic carbocycles. The Balaban J connectivity index is 0.00000200. The molecule has 0 aliphatic carbocycles. The Bertz CT molecular complexity index is 473. The van der Waals surface area contributed by atoms with Crippen LogP contribution in [0, 0.1) is 5.92 Å². The zero-order valence-electron chi connectivity index (χ0n) is 11.4. The minimum atomic E-state index is -0.197. The first-order valence-corrected chi connectivity index (χ1v) is 6.55. The molecule has 0 spiro atoms. The number of amides is 2. The number of nitrogens with one attached hydrogen (secondary N) is 3. The second-order valence-electron chi connectivity index (χ2n) is 4.66. The van der Waals surface area contributed by atoms with Gasteiger partial charge in [-0.3, -0.25) is 9.59 Å². The van der Waals surface area contributed by atoms with Crippen molar-refractivity contribution in [2.45, 2.75) is 12.8 Å². The van der Waals surface area contributed by atoms with Crippen LogP contribution >= 0.6 is 12.4 Å². The quantitative estimate of drug-likeness (QED) is 0.790. The van der Waals surface area contributed by atoms with Gasteiger partial charge in [0.1, 0.15) is 0 Å². The zero-order chi connectivity index (χ0) is 13.7. The van der Waals surface area contributed by atoms with Crippen LogP contribution in [0.5, 0.6) is 0 Å². The van der Waals surface area contributed by atoms with Crippen molar-refractivity contribution in [3.63, 3.8) is 0 Å². The van der Waals surface area contributed by atoms with Gasteiger partial charge < -0.3 is 16.0 Å². The molecule has 1 aliphatic rings. The molecule has 1 heterocycles. The van der Waals surface area contributed by atoms with E-state index in [-0.39, 0.29) is 30.1 Å². The molecule has 2 rings (SSSR count). The van der Waals surface area contributed by atoms with Gasteiger partial charge in [0, 0.05) is 13.6 Å². The summed E-state index contributed by atoms with van der Waals surface area (Å²) in [7, 11) is 1.58. The van der Waals surface area contributed by atoms with E-state index in [4.69, 9.17) is 0 Å². The maximum atomic E-state index is 12.1. The Kier molecular flexibility index (Phi) is 6.48. The first-order chi connectivity index (χ1) is 9.22. The molecule has 0 radical (unpaired) electrons. The fraction of sp³-hybridized carbons (Fsp3) is 0.429. The third-order valence-corrected chi connectivity index (χ3v) is 3.32. The van der Waals surface area contributed by atoms with Crippen LogP contribution in [-0.4, -0.2) is 32.0 Å². The average molecular weight is 298 g/mol. The molecule has 0 bridgehead atoms. The van der Waals surface area contributed by atoms with E-state index >= 15 is 0 Å². The second kappa shape index (κ2) is 7.87. The van der Waals surface area contributed by atoms with Crippen molar-refractivity contribution in [1.29, 1.82) is 0 Å². The normalized spacial score (nSPS) is 17.8. The van der Waals surface area contributed by atoms with Crippen LogP contribution in [-0.2, 0) is 4.79 Å². The van der Waals surface area contributed by atoms with Gasteiger partial charge in [-0.15, -0.1) is 12.4 Å². The van der Waals surface area contributed by atoms with E-state index in [2.05, 4.69) is 16.0 Å². The number of carbonyl (C=O) groups is 2. The molecular formula is C14H20ClN3O2. The number of hydrogen-bond acceptors (Lipinski definition) is 3. The molecular weight excluding hydrogens is 278 g/mol. The van der Waals surface area contributed by atoms with Gasteiger partial charge in [0.15, 0.2) is 0 Å². The summed E-state index contributed by atoms with van der Waals surface area (Å²) in [4.78, 5) is 23.9. The minimum absolute atomic E-state index is 0. The zero-order valence-corrected chi connectivity index (χ0v) is 12.3. The third-order valence-electron chi connectivity index (χ3n) is 3.32. The standard InChI is InChI=1S/C14H19N3O2.ClH/c1-15-14(19)11-6-2-3-7-12(11)17-13(18)10-5-4-8-16-9-10;/h2-3,6-7,10,16H,4-5,8-9H2,1H3,(H,15,19)(H,17,18);1H/t10-;/m1./s1. The molecule has 1 aliphatic heterocycles. The highest BCUT2D eigenvalue weighted by Gasteiger charge is 2.22. The fourth-order valence-electron chi connectivity index (χ4n) is 2.24. The van der Waals surface area contributed by atoms with Gasteiger partial charge >= 0.3 is 0 Å². The van der Waals surface area contributed by atoms with E-state index in [1.807, 2.05) is 0 Å². The van der Waals surface area contributed by atoms with Crippen molar-refractivity contribution in [3.8, 4) is 0 Å². The van der Waals surface area contributed by atoms with Gasteiger partial charge in [0.05, 0.1) is 17.2 Å². The predicted octanol–water partition coefficient (Wildman–Crippen LogP) is 1.41. The summed E-state index contributed by atoms with van der Waals surface area (Å²) in [6.45, 7) is 1.67. The topological polar surface area (TPSA) is 70.2 Å². The monoisotopic (exact) mass is 297 g/mol. The van der Waals surface area contributed by atoms with Crippen LogP contribution in [0.2, 0.25) is 0 Å². The maximum absolute atomic E-state index is 12.1. The summed E-state index contributed by atoms with van der Waals surface area (Å²) in [5.41, 5.74) is 1.06. The van der Waals surface area contributed by atoms with Crippen molar-refractivity contribution in [2.24, 2.45) is 5.92 Å². The van der Waals surface area contributed by atoms with Crippen molar-refractivity contribution in [1.82, 2.24) is 10.6 Å². The third kappa shape index (κ3) is 3.95. The van der Waals surface area contributed by atoms with E-state index in [0.717, 1.165) is 19.4 Å². The molecule has 20 heavy (non-hydrogen) atoms. The predicted molar refractivity (Wildman–Crippen MR) is 81.3 cm³/mol. The fourth-order valence-corrected chi connectivity index (χ4v) is 2.24. The van der Waals surface area contributed by atoms with Crippen LogP contribution in [0.3, 0.4) is 0 Å². The smallest absolute Gasteiger partial charge is 0.253 e. The lowest BCUT2D eigenvalue weighted by atomic mass is 9.98. The number of para-hydroxylation sites is 1. The van der Waals surface area contributed by atoms with Gasteiger partial charge in [0.25, 0.3) is 5.91 Å². The molecule has 0 aromatic heterocycles. The SMILES string of the molecule is CNC(=O)c1ccccc1NC(=O)[C@@H]1CCCNC1.Cl. The van der Waals surface area contributed by atoms with E-state index in [0.29, 0.717) is 17.8 Å². The van der Waals surface area contributed by atoms with Crippen LogP contribution in [0.25, 0.3) is 0 Å². The summed E-state index contributed by atoms with van der Waals surface area (Å²) in [6.07, 6.45) is 1.90. The molecule has 6 heteroatoms.